The van der Waals surface area contributed by atoms with Crippen molar-refractivity contribution in [2.75, 3.05) is 13.1 Å². The normalized spacial score (nSPS) is 27.7. The molecule has 3 aliphatic heterocycles. The highest BCUT2D eigenvalue weighted by Crippen LogP contribution is 2.35. The molecule has 0 N–H and O–H groups in total. The predicted octanol–water partition coefficient (Wildman–Crippen LogP) is 3.87. The minimum atomic E-state index is 0.627. The Morgan fingerprint density at radius 1 is 1.14 bits per heavy atom. The molecule has 0 aromatic heterocycles. The van der Waals surface area contributed by atoms with E-state index in [0.29, 0.717) is 5.92 Å². The third-order valence-electron chi connectivity index (χ3n) is 5.57. The second kappa shape index (κ2) is 6.10. The van der Waals surface area contributed by atoms with Gasteiger partial charge in [-0.2, -0.15) is 0 Å². The summed E-state index contributed by atoms with van der Waals surface area (Å²) in [5.74, 6) is 0.627. The number of rotatable bonds is 5. The zero-order valence-corrected chi connectivity index (χ0v) is 14.0. The van der Waals surface area contributed by atoms with Crippen LogP contribution >= 0.6 is 0 Å². The van der Waals surface area contributed by atoms with Crippen LogP contribution in [-0.2, 0) is 6.54 Å². The number of piperidine rings is 1. The van der Waals surface area contributed by atoms with E-state index < -0.39 is 0 Å². The lowest BCUT2D eigenvalue weighted by atomic mass is 9.85. The molecule has 2 bridgehead atoms. The first-order valence-electron chi connectivity index (χ1n) is 8.67. The first-order valence-corrected chi connectivity index (χ1v) is 8.67. The summed E-state index contributed by atoms with van der Waals surface area (Å²) in [6, 6.07) is 11.5. The maximum absolute atomic E-state index is 2.73. The minimum absolute atomic E-state index is 0.627. The van der Waals surface area contributed by atoms with Crippen molar-refractivity contribution in [2.45, 2.75) is 71.1 Å². The van der Waals surface area contributed by atoms with Gasteiger partial charge in [0.05, 0.1) is 0 Å². The second-order valence-electron chi connectivity index (χ2n) is 7.33. The zero-order chi connectivity index (χ0) is 15.0. The third kappa shape index (κ3) is 3.02. The Labute approximate surface area is 130 Å². The molecule has 1 aromatic carbocycles. The molecule has 0 spiro atoms. The van der Waals surface area contributed by atoms with E-state index >= 15 is 0 Å². The molecule has 4 rings (SSSR count). The molecule has 1 aromatic rings. The van der Waals surface area contributed by atoms with E-state index in [1.54, 1.807) is 0 Å². The van der Waals surface area contributed by atoms with Crippen LogP contribution in [0, 0.1) is 0 Å². The van der Waals surface area contributed by atoms with Crippen molar-refractivity contribution >= 4 is 0 Å². The van der Waals surface area contributed by atoms with E-state index in [0.717, 1.165) is 24.7 Å². The highest BCUT2D eigenvalue weighted by Gasteiger charge is 2.44. The van der Waals surface area contributed by atoms with Crippen molar-refractivity contribution in [1.82, 2.24) is 9.80 Å². The lowest BCUT2D eigenvalue weighted by Crippen LogP contribution is -2.69. The molecule has 3 atom stereocenters. The quantitative estimate of drug-likeness (QED) is 0.811. The van der Waals surface area contributed by atoms with Crippen LogP contribution in [0.25, 0.3) is 0 Å². The highest BCUT2D eigenvalue weighted by molar-refractivity contribution is 5.26. The smallest absolute Gasteiger partial charge is 0.0245 e. The Hall–Kier alpha value is -0.860. The van der Waals surface area contributed by atoms with E-state index in [9.17, 15) is 0 Å². The summed E-state index contributed by atoms with van der Waals surface area (Å²) in [7, 11) is 0. The van der Waals surface area contributed by atoms with Gasteiger partial charge in [-0.25, -0.2) is 0 Å². The third-order valence-corrected chi connectivity index (χ3v) is 5.57. The predicted molar refractivity (Wildman–Crippen MR) is 89.6 cm³/mol. The summed E-state index contributed by atoms with van der Waals surface area (Å²) in [4.78, 5) is 5.43. The van der Waals surface area contributed by atoms with Crippen LogP contribution in [-0.4, -0.2) is 41.0 Å². The van der Waals surface area contributed by atoms with Crippen LogP contribution in [0.1, 0.15) is 57.6 Å². The van der Waals surface area contributed by atoms with Crippen molar-refractivity contribution in [2.24, 2.45) is 0 Å². The molecule has 3 saturated heterocycles. The van der Waals surface area contributed by atoms with Crippen LogP contribution in [0.4, 0.5) is 0 Å². The summed E-state index contributed by atoms with van der Waals surface area (Å²) < 4.78 is 0. The molecule has 3 fully saturated rings. The van der Waals surface area contributed by atoms with Crippen molar-refractivity contribution < 1.29 is 0 Å². The summed E-state index contributed by atoms with van der Waals surface area (Å²) in [5, 5.41) is 0. The lowest BCUT2D eigenvalue weighted by molar-refractivity contribution is -0.0857. The van der Waals surface area contributed by atoms with Crippen LogP contribution < -0.4 is 0 Å². The Balaban J connectivity index is 1.62. The lowest BCUT2D eigenvalue weighted by Gasteiger charge is -2.57. The van der Waals surface area contributed by atoms with Gasteiger partial charge in [-0.15, -0.1) is 0 Å². The molecule has 0 saturated carbocycles. The maximum atomic E-state index is 2.73. The topological polar surface area (TPSA) is 6.48 Å². The molecule has 21 heavy (non-hydrogen) atoms. The molecule has 116 valence electrons. The molecule has 0 amide bonds. The number of nitrogens with zero attached hydrogens (tertiary/aromatic N) is 2. The molecule has 2 nitrogen and oxygen atoms in total. The Bertz CT molecular complexity index is 470. The average molecular weight is 286 g/mol. The van der Waals surface area contributed by atoms with Gasteiger partial charge in [0.1, 0.15) is 0 Å². The van der Waals surface area contributed by atoms with Gasteiger partial charge in [0.25, 0.3) is 0 Å². The Morgan fingerprint density at radius 3 is 2.48 bits per heavy atom. The van der Waals surface area contributed by atoms with Gasteiger partial charge in [-0.3, -0.25) is 9.80 Å². The highest BCUT2D eigenvalue weighted by atomic mass is 15.4. The standard InChI is InChI=1S/C19H30N2/c1-5-15(4)20-12-18-10-19(13-20)21(18)11-16-7-6-8-17(9-16)14(2)3/h6-9,14-15,18-19H,5,10-13H2,1-4H3. The molecule has 3 aliphatic rings. The summed E-state index contributed by atoms with van der Waals surface area (Å²) in [5.41, 5.74) is 2.97. The molecular formula is C19H30N2. The first-order chi connectivity index (χ1) is 10.1. The van der Waals surface area contributed by atoms with Crippen LogP contribution in [0.15, 0.2) is 24.3 Å². The van der Waals surface area contributed by atoms with E-state index in [-0.39, 0.29) is 0 Å². The van der Waals surface area contributed by atoms with Crippen molar-refractivity contribution in [3.8, 4) is 0 Å². The van der Waals surface area contributed by atoms with Crippen LogP contribution in [0.5, 0.6) is 0 Å². The van der Waals surface area contributed by atoms with E-state index in [1.807, 2.05) is 0 Å². The summed E-state index contributed by atoms with van der Waals surface area (Å²) >= 11 is 0. The number of piperazine rings is 1. The van der Waals surface area contributed by atoms with Crippen molar-refractivity contribution in [3.63, 3.8) is 0 Å². The van der Waals surface area contributed by atoms with Crippen LogP contribution in [0.2, 0.25) is 0 Å². The number of benzene rings is 1. The SMILES string of the molecule is CCC(C)N1CC2CC(C1)N2Cc1cccc(C(C)C)c1. The first kappa shape index (κ1) is 15.1. The Morgan fingerprint density at radius 2 is 1.86 bits per heavy atom. The fraction of sp³-hybridized carbons (Fsp3) is 0.684. The fourth-order valence-corrected chi connectivity index (χ4v) is 3.86. The van der Waals surface area contributed by atoms with Gasteiger partial charge >= 0.3 is 0 Å². The Kier molecular flexibility index (Phi) is 4.37. The second-order valence-corrected chi connectivity index (χ2v) is 7.33. The molecule has 0 aliphatic carbocycles. The molecule has 0 radical (unpaired) electrons. The fourth-order valence-electron chi connectivity index (χ4n) is 3.86. The van der Waals surface area contributed by atoms with Gasteiger partial charge in [-0.1, -0.05) is 45.0 Å². The van der Waals surface area contributed by atoms with Gasteiger partial charge in [0, 0.05) is 37.8 Å². The van der Waals surface area contributed by atoms with E-state index in [2.05, 4.69) is 61.8 Å². The summed E-state index contributed by atoms with van der Waals surface area (Å²) in [6.45, 7) is 12.9. The molecule has 2 heteroatoms. The number of fused-ring (bicyclic) bond motifs is 2. The summed E-state index contributed by atoms with van der Waals surface area (Å²) in [6.07, 6.45) is 2.69. The van der Waals surface area contributed by atoms with Gasteiger partial charge in [-0.05, 0) is 36.8 Å². The monoisotopic (exact) mass is 286 g/mol. The van der Waals surface area contributed by atoms with E-state index in [1.165, 1.54) is 37.1 Å². The van der Waals surface area contributed by atoms with Gasteiger partial charge < -0.3 is 0 Å². The minimum Gasteiger partial charge on any atom is -0.298 e. The number of hydrogen-bond donors (Lipinski definition) is 0. The van der Waals surface area contributed by atoms with Gasteiger partial charge in [0.15, 0.2) is 0 Å². The zero-order valence-electron chi connectivity index (χ0n) is 14.0. The average Bonchev–Trinajstić information content (AvgIpc) is 2.52. The largest absolute Gasteiger partial charge is 0.298 e. The van der Waals surface area contributed by atoms with Crippen LogP contribution in [0.3, 0.4) is 0 Å². The van der Waals surface area contributed by atoms with Crippen molar-refractivity contribution in [1.29, 1.82) is 0 Å². The van der Waals surface area contributed by atoms with E-state index in [4.69, 9.17) is 0 Å². The molecular weight excluding hydrogens is 256 g/mol. The van der Waals surface area contributed by atoms with Gasteiger partial charge in [0.2, 0.25) is 0 Å². The van der Waals surface area contributed by atoms with Crippen molar-refractivity contribution in [3.05, 3.63) is 35.4 Å². The maximum Gasteiger partial charge on any atom is 0.0245 e. The number of hydrogen-bond acceptors (Lipinski definition) is 2. The molecule has 3 unspecified atom stereocenters. The molecule has 3 heterocycles.